The Morgan fingerprint density at radius 2 is 2.05 bits per heavy atom. The van der Waals surface area contributed by atoms with Crippen molar-refractivity contribution < 1.29 is 8.78 Å². The van der Waals surface area contributed by atoms with E-state index in [4.69, 9.17) is 0 Å². The van der Waals surface area contributed by atoms with E-state index in [1.165, 1.54) is 0 Å². The van der Waals surface area contributed by atoms with E-state index < -0.39 is 11.6 Å². The predicted molar refractivity (Wildman–Crippen MR) is 71.4 cm³/mol. The minimum atomic E-state index is -0.522. The summed E-state index contributed by atoms with van der Waals surface area (Å²) in [6.07, 6.45) is 0.998. The number of anilines is 1. The van der Waals surface area contributed by atoms with Gasteiger partial charge in [0.25, 0.3) is 0 Å². The lowest BCUT2D eigenvalue weighted by Gasteiger charge is -2.16. The zero-order valence-electron chi connectivity index (χ0n) is 10.9. The summed E-state index contributed by atoms with van der Waals surface area (Å²) in [5.74, 6) is -0.258. The van der Waals surface area contributed by atoms with Crippen LogP contribution in [-0.4, -0.2) is 41.4 Å². The van der Waals surface area contributed by atoms with E-state index in [1.807, 2.05) is 4.90 Å². The summed E-state index contributed by atoms with van der Waals surface area (Å²) in [4.78, 5) is 6.30. The molecule has 0 saturated carbocycles. The Morgan fingerprint density at radius 3 is 2.95 bits per heavy atom. The third-order valence-electron chi connectivity index (χ3n) is 3.28. The maximum absolute atomic E-state index is 13.7. The van der Waals surface area contributed by atoms with Crippen LogP contribution < -0.4 is 10.2 Å². The van der Waals surface area contributed by atoms with Gasteiger partial charge in [-0.25, -0.2) is 8.78 Å². The molecule has 1 fully saturated rings. The van der Waals surface area contributed by atoms with Gasteiger partial charge in [-0.05, 0) is 31.2 Å². The van der Waals surface area contributed by atoms with Crippen LogP contribution in [0, 0.1) is 11.6 Å². The van der Waals surface area contributed by atoms with Crippen LogP contribution in [0.2, 0.25) is 0 Å². The van der Waals surface area contributed by atoms with Gasteiger partial charge in [-0.3, -0.25) is 5.10 Å². The molecule has 5 nitrogen and oxygen atoms in total. The first kappa shape index (κ1) is 13.0. The highest BCUT2D eigenvalue weighted by molar-refractivity contribution is 5.57. The molecule has 1 aromatic carbocycles. The van der Waals surface area contributed by atoms with Crippen molar-refractivity contribution in [2.75, 3.05) is 31.1 Å². The van der Waals surface area contributed by atoms with E-state index in [9.17, 15) is 8.78 Å². The molecule has 0 radical (unpaired) electrons. The van der Waals surface area contributed by atoms with Gasteiger partial charge in [0.15, 0.2) is 5.82 Å². The molecule has 1 aliphatic rings. The number of rotatable bonds is 2. The third-order valence-corrected chi connectivity index (χ3v) is 3.28. The van der Waals surface area contributed by atoms with Gasteiger partial charge in [0.1, 0.15) is 11.6 Å². The van der Waals surface area contributed by atoms with Gasteiger partial charge < -0.3 is 10.2 Å². The molecule has 1 aliphatic heterocycles. The largest absolute Gasteiger partial charge is 0.338 e. The molecular formula is C13H15F2N5. The lowest BCUT2D eigenvalue weighted by Crippen LogP contribution is -2.28. The molecule has 106 valence electrons. The number of H-pyrrole nitrogens is 1. The predicted octanol–water partition coefficient (Wildman–Crippen LogP) is 1.55. The summed E-state index contributed by atoms with van der Waals surface area (Å²) in [7, 11) is 0. The standard InChI is InChI=1S/C13H15F2N5/c14-9-2-3-11(15)10(8-9)12-17-13(19-18-12)20-6-1-4-16-5-7-20/h2-3,8,16H,1,4-7H2,(H,17,18,19). The van der Waals surface area contributed by atoms with Crippen molar-refractivity contribution in [2.24, 2.45) is 0 Å². The van der Waals surface area contributed by atoms with E-state index >= 15 is 0 Å². The van der Waals surface area contributed by atoms with Crippen LogP contribution in [0.4, 0.5) is 14.7 Å². The van der Waals surface area contributed by atoms with Gasteiger partial charge in [0, 0.05) is 19.6 Å². The first-order valence-electron chi connectivity index (χ1n) is 6.57. The molecule has 7 heteroatoms. The van der Waals surface area contributed by atoms with Gasteiger partial charge in [0.2, 0.25) is 5.95 Å². The Bertz CT molecular complexity index is 590. The minimum Gasteiger partial charge on any atom is -0.338 e. The van der Waals surface area contributed by atoms with E-state index in [0.717, 1.165) is 50.8 Å². The van der Waals surface area contributed by atoms with Crippen LogP contribution in [0.15, 0.2) is 18.2 Å². The highest BCUT2D eigenvalue weighted by Crippen LogP contribution is 2.22. The Hall–Kier alpha value is -2.02. The molecule has 3 rings (SSSR count). The lowest BCUT2D eigenvalue weighted by atomic mass is 10.2. The summed E-state index contributed by atoms with van der Waals surface area (Å²) in [6.45, 7) is 3.46. The van der Waals surface area contributed by atoms with Crippen molar-refractivity contribution in [1.82, 2.24) is 20.5 Å². The van der Waals surface area contributed by atoms with Crippen LogP contribution in [0.5, 0.6) is 0 Å². The number of aromatic nitrogens is 3. The number of benzene rings is 1. The van der Waals surface area contributed by atoms with E-state index in [0.29, 0.717) is 5.95 Å². The molecular weight excluding hydrogens is 264 g/mol. The Balaban J connectivity index is 1.87. The van der Waals surface area contributed by atoms with Crippen LogP contribution in [0.25, 0.3) is 11.4 Å². The highest BCUT2D eigenvalue weighted by Gasteiger charge is 2.16. The normalized spacial score (nSPS) is 16.2. The fourth-order valence-electron chi connectivity index (χ4n) is 2.24. The molecule has 20 heavy (non-hydrogen) atoms. The van der Waals surface area contributed by atoms with E-state index in [-0.39, 0.29) is 11.4 Å². The lowest BCUT2D eigenvalue weighted by molar-refractivity contribution is 0.602. The second-order valence-electron chi connectivity index (χ2n) is 4.70. The molecule has 0 amide bonds. The highest BCUT2D eigenvalue weighted by atomic mass is 19.1. The van der Waals surface area contributed by atoms with Crippen LogP contribution in [0.3, 0.4) is 0 Å². The molecule has 2 heterocycles. The average molecular weight is 279 g/mol. The van der Waals surface area contributed by atoms with Crippen LogP contribution >= 0.6 is 0 Å². The average Bonchev–Trinajstić information content (AvgIpc) is 2.77. The molecule has 0 aliphatic carbocycles. The molecule has 1 saturated heterocycles. The van der Waals surface area contributed by atoms with Gasteiger partial charge in [0.05, 0.1) is 5.56 Å². The maximum Gasteiger partial charge on any atom is 0.245 e. The zero-order chi connectivity index (χ0) is 13.9. The van der Waals surface area contributed by atoms with Crippen LogP contribution in [0.1, 0.15) is 6.42 Å². The summed E-state index contributed by atoms with van der Waals surface area (Å²) >= 11 is 0. The fourth-order valence-corrected chi connectivity index (χ4v) is 2.24. The third kappa shape index (κ3) is 2.62. The van der Waals surface area contributed by atoms with E-state index in [2.05, 4.69) is 20.5 Å². The Morgan fingerprint density at radius 1 is 1.15 bits per heavy atom. The summed E-state index contributed by atoms with van der Waals surface area (Å²) in [6, 6.07) is 3.28. The molecule has 1 aromatic heterocycles. The SMILES string of the molecule is Fc1ccc(F)c(-c2nc(N3CCCNCC3)n[nH]2)c1. The van der Waals surface area contributed by atoms with Gasteiger partial charge >= 0.3 is 0 Å². The first-order valence-corrected chi connectivity index (χ1v) is 6.57. The second kappa shape index (κ2) is 5.54. The van der Waals surface area contributed by atoms with Gasteiger partial charge in [-0.2, -0.15) is 4.98 Å². The van der Waals surface area contributed by atoms with Crippen molar-refractivity contribution in [1.29, 1.82) is 0 Å². The molecule has 0 bridgehead atoms. The van der Waals surface area contributed by atoms with Crippen molar-refractivity contribution in [3.05, 3.63) is 29.8 Å². The quantitative estimate of drug-likeness (QED) is 0.875. The first-order chi connectivity index (χ1) is 9.74. The minimum absolute atomic E-state index is 0.0942. The molecule has 2 N–H and O–H groups in total. The molecule has 0 unspecified atom stereocenters. The number of hydrogen-bond donors (Lipinski definition) is 2. The second-order valence-corrected chi connectivity index (χ2v) is 4.70. The van der Waals surface area contributed by atoms with Crippen molar-refractivity contribution >= 4 is 5.95 Å². The van der Waals surface area contributed by atoms with Gasteiger partial charge in [-0.15, -0.1) is 5.10 Å². The van der Waals surface area contributed by atoms with Crippen LogP contribution in [-0.2, 0) is 0 Å². The van der Waals surface area contributed by atoms with Crippen molar-refractivity contribution in [3.8, 4) is 11.4 Å². The zero-order valence-corrected chi connectivity index (χ0v) is 10.9. The Labute approximate surface area is 115 Å². The number of aromatic amines is 1. The number of nitrogens with zero attached hydrogens (tertiary/aromatic N) is 3. The van der Waals surface area contributed by atoms with Crippen molar-refractivity contribution in [2.45, 2.75) is 6.42 Å². The monoisotopic (exact) mass is 279 g/mol. The van der Waals surface area contributed by atoms with Crippen molar-refractivity contribution in [3.63, 3.8) is 0 Å². The summed E-state index contributed by atoms with van der Waals surface area (Å²) in [5.41, 5.74) is 0.0942. The van der Waals surface area contributed by atoms with Gasteiger partial charge in [-0.1, -0.05) is 0 Å². The summed E-state index contributed by atoms with van der Waals surface area (Å²) < 4.78 is 26.9. The fraction of sp³-hybridized carbons (Fsp3) is 0.385. The number of halogens is 2. The summed E-state index contributed by atoms with van der Waals surface area (Å²) in [5, 5.41) is 10.1. The smallest absolute Gasteiger partial charge is 0.245 e. The molecule has 0 spiro atoms. The van der Waals surface area contributed by atoms with E-state index in [1.54, 1.807) is 0 Å². The number of nitrogens with one attached hydrogen (secondary N) is 2. The maximum atomic E-state index is 13.7. The topological polar surface area (TPSA) is 56.8 Å². The molecule has 2 aromatic rings. The molecule has 0 atom stereocenters. The number of hydrogen-bond acceptors (Lipinski definition) is 4. The Kier molecular flexibility index (Phi) is 3.60.